The number of aliphatic hydroxyl groups is 1. The molecule has 0 heterocycles. The zero-order valence-corrected chi connectivity index (χ0v) is 9.65. The van der Waals surface area contributed by atoms with Crippen molar-refractivity contribution in [3.05, 3.63) is 12.7 Å². The predicted octanol–water partition coefficient (Wildman–Crippen LogP) is 2.39. The van der Waals surface area contributed by atoms with Crippen molar-refractivity contribution in [3.8, 4) is 0 Å². The molecule has 2 rings (SSSR count). The van der Waals surface area contributed by atoms with Crippen molar-refractivity contribution in [2.45, 2.75) is 50.7 Å². The SMILES string of the molecule is C=CC(=O)OC1(O)CCCC2CCCCC21. The number of hydrogen-bond donors (Lipinski definition) is 1. The Bertz CT molecular complexity index is 285. The number of hydrogen-bond acceptors (Lipinski definition) is 3. The molecule has 0 aromatic heterocycles. The summed E-state index contributed by atoms with van der Waals surface area (Å²) in [6, 6.07) is 0. The topological polar surface area (TPSA) is 46.5 Å². The van der Waals surface area contributed by atoms with Crippen molar-refractivity contribution in [1.82, 2.24) is 0 Å². The lowest BCUT2D eigenvalue weighted by Crippen LogP contribution is -2.49. The van der Waals surface area contributed by atoms with Gasteiger partial charge in [0.2, 0.25) is 5.79 Å². The molecule has 0 amide bonds. The number of rotatable bonds is 2. The maximum absolute atomic E-state index is 11.3. The highest BCUT2D eigenvalue weighted by Crippen LogP contribution is 2.46. The van der Waals surface area contributed by atoms with Crippen molar-refractivity contribution >= 4 is 5.97 Å². The summed E-state index contributed by atoms with van der Waals surface area (Å²) in [5.74, 6) is -1.06. The first kappa shape index (κ1) is 11.6. The molecular formula is C13H20O3. The fourth-order valence-electron chi connectivity index (χ4n) is 3.29. The lowest BCUT2D eigenvalue weighted by molar-refractivity contribution is -0.253. The van der Waals surface area contributed by atoms with Gasteiger partial charge >= 0.3 is 5.97 Å². The van der Waals surface area contributed by atoms with Crippen molar-refractivity contribution in [1.29, 1.82) is 0 Å². The molecule has 0 saturated heterocycles. The van der Waals surface area contributed by atoms with Gasteiger partial charge in [0.25, 0.3) is 0 Å². The molecule has 3 heteroatoms. The van der Waals surface area contributed by atoms with Crippen LogP contribution in [0.1, 0.15) is 44.9 Å². The lowest BCUT2D eigenvalue weighted by Gasteiger charge is -2.45. The van der Waals surface area contributed by atoms with Crippen LogP contribution in [0.2, 0.25) is 0 Å². The Morgan fingerprint density at radius 2 is 2.00 bits per heavy atom. The zero-order chi connectivity index (χ0) is 11.6. The normalized spacial score (nSPS) is 38.6. The fraction of sp³-hybridized carbons (Fsp3) is 0.769. The second kappa shape index (κ2) is 4.58. The van der Waals surface area contributed by atoms with Crippen LogP contribution >= 0.6 is 0 Å². The Kier molecular flexibility index (Phi) is 3.33. The minimum atomic E-state index is -1.23. The smallest absolute Gasteiger partial charge is 0.332 e. The van der Waals surface area contributed by atoms with Gasteiger partial charge in [-0.25, -0.2) is 4.79 Å². The molecule has 3 unspecified atom stereocenters. The summed E-state index contributed by atoms with van der Waals surface area (Å²) in [6.07, 6.45) is 8.34. The molecule has 1 N–H and O–H groups in total. The van der Waals surface area contributed by atoms with E-state index in [-0.39, 0.29) is 5.92 Å². The Labute approximate surface area is 96.5 Å². The third-order valence-electron chi connectivity index (χ3n) is 4.04. The molecule has 2 aliphatic rings. The minimum absolute atomic E-state index is 0.138. The molecule has 0 aromatic carbocycles. The molecule has 0 radical (unpaired) electrons. The van der Waals surface area contributed by atoms with Crippen LogP contribution in [0.3, 0.4) is 0 Å². The van der Waals surface area contributed by atoms with Crippen LogP contribution in [0.15, 0.2) is 12.7 Å². The second-order valence-corrected chi connectivity index (χ2v) is 5.01. The number of carbonyl (C=O) groups is 1. The molecule has 0 spiro atoms. The third kappa shape index (κ3) is 2.14. The summed E-state index contributed by atoms with van der Waals surface area (Å²) < 4.78 is 5.20. The van der Waals surface area contributed by atoms with Gasteiger partial charge in [-0.15, -0.1) is 0 Å². The third-order valence-corrected chi connectivity index (χ3v) is 4.04. The van der Waals surface area contributed by atoms with Gasteiger partial charge in [-0.2, -0.15) is 0 Å². The fourth-order valence-corrected chi connectivity index (χ4v) is 3.29. The van der Waals surface area contributed by atoms with Crippen LogP contribution in [-0.2, 0) is 9.53 Å². The number of fused-ring (bicyclic) bond motifs is 1. The Hall–Kier alpha value is -0.830. The van der Waals surface area contributed by atoms with E-state index >= 15 is 0 Å². The maximum Gasteiger partial charge on any atom is 0.332 e. The van der Waals surface area contributed by atoms with Gasteiger partial charge in [-0.05, 0) is 31.6 Å². The molecule has 0 aliphatic heterocycles. The van der Waals surface area contributed by atoms with Crippen molar-refractivity contribution in [2.75, 3.05) is 0 Å². The van der Waals surface area contributed by atoms with Gasteiger partial charge in [-0.1, -0.05) is 19.4 Å². The average molecular weight is 224 g/mol. The predicted molar refractivity (Wildman–Crippen MR) is 60.5 cm³/mol. The van der Waals surface area contributed by atoms with E-state index in [1.54, 1.807) is 0 Å². The maximum atomic E-state index is 11.3. The molecule has 90 valence electrons. The summed E-state index contributed by atoms with van der Waals surface area (Å²) in [5, 5.41) is 10.5. The van der Waals surface area contributed by atoms with Crippen molar-refractivity contribution in [3.63, 3.8) is 0 Å². The molecule has 3 nitrogen and oxygen atoms in total. The molecule has 16 heavy (non-hydrogen) atoms. The van der Waals surface area contributed by atoms with E-state index in [1.807, 2.05) is 0 Å². The van der Waals surface area contributed by atoms with Gasteiger partial charge in [0.05, 0.1) is 0 Å². The molecule has 2 aliphatic carbocycles. The van der Waals surface area contributed by atoms with Crippen molar-refractivity contribution in [2.24, 2.45) is 11.8 Å². The molecule has 3 atom stereocenters. The summed E-state index contributed by atoms with van der Waals surface area (Å²) >= 11 is 0. The Balaban J connectivity index is 2.10. The Morgan fingerprint density at radius 1 is 1.31 bits per heavy atom. The molecule has 2 saturated carbocycles. The number of ether oxygens (including phenoxy) is 1. The average Bonchev–Trinajstić information content (AvgIpc) is 2.29. The minimum Gasteiger partial charge on any atom is -0.430 e. The van der Waals surface area contributed by atoms with E-state index in [1.165, 1.54) is 19.3 Å². The number of carbonyl (C=O) groups excluding carboxylic acids is 1. The molecule has 0 aromatic rings. The highest BCUT2D eigenvalue weighted by atomic mass is 16.7. The summed E-state index contributed by atoms with van der Waals surface area (Å²) in [5.41, 5.74) is 0. The molecule has 0 bridgehead atoms. The van der Waals surface area contributed by atoms with E-state index in [2.05, 4.69) is 6.58 Å². The van der Waals surface area contributed by atoms with Gasteiger partial charge in [0, 0.05) is 18.4 Å². The highest BCUT2D eigenvalue weighted by molar-refractivity contribution is 5.81. The standard InChI is InChI=1S/C13H20O3/c1-2-12(14)16-13(15)9-5-7-10-6-3-4-8-11(10)13/h2,10-11,15H,1,3-9H2. The lowest BCUT2D eigenvalue weighted by atomic mass is 9.67. The van der Waals surface area contributed by atoms with E-state index in [0.717, 1.165) is 25.3 Å². The van der Waals surface area contributed by atoms with Crippen LogP contribution in [-0.4, -0.2) is 16.9 Å². The largest absolute Gasteiger partial charge is 0.430 e. The van der Waals surface area contributed by atoms with Crippen LogP contribution < -0.4 is 0 Å². The van der Waals surface area contributed by atoms with Crippen LogP contribution in [0.5, 0.6) is 0 Å². The first-order valence-corrected chi connectivity index (χ1v) is 6.23. The monoisotopic (exact) mass is 224 g/mol. The van der Waals surface area contributed by atoms with Crippen LogP contribution in [0, 0.1) is 11.8 Å². The van der Waals surface area contributed by atoms with Gasteiger partial charge < -0.3 is 9.84 Å². The number of esters is 1. The van der Waals surface area contributed by atoms with Crippen molar-refractivity contribution < 1.29 is 14.6 Å². The molecular weight excluding hydrogens is 204 g/mol. The van der Waals surface area contributed by atoms with E-state index < -0.39 is 11.8 Å². The molecule has 2 fully saturated rings. The van der Waals surface area contributed by atoms with E-state index in [4.69, 9.17) is 4.74 Å². The van der Waals surface area contributed by atoms with Crippen LogP contribution in [0.25, 0.3) is 0 Å². The Morgan fingerprint density at radius 3 is 2.75 bits per heavy atom. The summed E-state index contributed by atoms with van der Waals surface area (Å²) in [6.45, 7) is 3.38. The van der Waals surface area contributed by atoms with Gasteiger partial charge in [0.15, 0.2) is 0 Å². The summed E-state index contributed by atoms with van der Waals surface area (Å²) in [7, 11) is 0. The van der Waals surface area contributed by atoms with Crippen LogP contribution in [0.4, 0.5) is 0 Å². The first-order chi connectivity index (χ1) is 7.65. The summed E-state index contributed by atoms with van der Waals surface area (Å²) in [4.78, 5) is 11.3. The zero-order valence-electron chi connectivity index (χ0n) is 9.65. The van der Waals surface area contributed by atoms with Gasteiger partial charge in [0.1, 0.15) is 0 Å². The second-order valence-electron chi connectivity index (χ2n) is 5.01. The quantitative estimate of drug-likeness (QED) is 0.445. The first-order valence-electron chi connectivity index (χ1n) is 6.23. The van der Waals surface area contributed by atoms with E-state index in [9.17, 15) is 9.90 Å². The van der Waals surface area contributed by atoms with E-state index in [0.29, 0.717) is 12.3 Å². The highest BCUT2D eigenvalue weighted by Gasteiger charge is 2.47. The van der Waals surface area contributed by atoms with Gasteiger partial charge in [-0.3, -0.25) is 0 Å².